The minimum Gasteiger partial charge on any atom is -0.481 e. The maximum Gasteiger partial charge on any atom is 0.312 e. The third-order valence-corrected chi connectivity index (χ3v) is 6.09. The Balaban J connectivity index is 1.59. The highest BCUT2D eigenvalue weighted by molar-refractivity contribution is 6.06. The van der Waals surface area contributed by atoms with Crippen LogP contribution < -0.4 is 0 Å². The zero-order valence-corrected chi connectivity index (χ0v) is 16.3. The number of hydrogen-bond acceptors (Lipinski definition) is 3. The third-order valence-electron chi connectivity index (χ3n) is 6.09. The molecule has 4 rings (SSSR count). The molecule has 1 saturated heterocycles. The van der Waals surface area contributed by atoms with E-state index in [0.29, 0.717) is 5.56 Å². The molecule has 1 aliphatic heterocycles. The Kier molecular flexibility index (Phi) is 4.88. The fraction of sp³-hybridized carbons (Fsp3) is 0.304. The number of carbonyl (C=O) groups excluding carboxylic acids is 1. The molecule has 1 amide bonds. The van der Waals surface area contributed by atoms with Crippen molar-refractivity contribution in [1.29, 1.82) is 0 Å². The number of aliphatic hydroxyl groups is 1. The Morgan fingerprint density at radius 2 is 1.86 bits per heavy atom. The van der Waals surface area contributed by atoms with Crippen LogP contribution in [0.3, 0.4) is 0 Å². The lowest BCUT2D eigenvalue weighted by molar-refractivity contribution is -0.161. The maximum absolute atomic E-state index is 13.2. The number of fused-ring (bicyclic) bond motifs is 1. The third kappa shape index (κ3) is 3.29. The largest absolute Gasteiger partial charge is 0.481 e. The van der Waals surface area contributed by atoms with Gasteiger partial charge in [-0.2, -0.15) is 0 Å². The first-order chi connectivity index (χ1) is 13.9. The number of amides is 1. The monoisotopic (exact) mass is 392 g/mol. The van der Waals surface area contributed by atoms with Crippen molar-refractivity contribution in [2.45, 2.75) is 18.9 Å². The Morgan fingerprint density at radius 1 is 1.10 bits per heavy atom. The Hall–Kier alpha value is -3.12. The van der Waals surface area contributed by atoms with E-state index in [1.54, 1.807) is 11.0 Å². The van der Waals surface area contributed by atoms with E-state index >= 15 is 0 Å². The van der Waals surface area contributed by atoms with Crippen LogP contribution in [0.15, 0.2) is 60.8 Å². The maximum atomic E-state index is 13.2. The molecule has 2 atom stereocenters. The molecule has 1 fully saturated rings. The standard InChI is InChI=1S/C23H24N2O4/c1-24-12-10-17-18(8-5-9-19(17)24)21(27)25-13-11-23(22(28)29,20(26)15-25)14-16-6-3-2-4-7-16/h2-10,12,20,26H,11,13-15H2,1H3,(H,28,29)/t20-,23-/m1/s1. The number of benzene rings is 2. The molecule has 2 aromatic carbocycles. The summed E-state index contributed by atoms with van der Waals surface area (Å²) in [6, 6.07) is 16.8. The van der Waals surface area contributed by atoms with Gasteiger partial charge in [0.25, 0.3) is 5.91 Å². The summed E-state index contributed by atoms with van der Waals surface area (Å²) in [5.41, 5.74) is 1.10. The fourth-order valence-corrected chi connectivity index (χ4v) is 4.31. The van der Waals surface area contributed by atoms with Crippen LogP contribution in [0.2, 0.25) is 0 Å². The lowest BCUT2D eigenvalue weighted by Gasteiger charge is -2.43. The molecule has 29 heavy (non-hydrogen) atoms. The Morgan fingerprint density at radius 3 is 2.55 bits per heavy atom. The number of aryl methyl sites for hydroxylation is 1. The molecule has 0 aliphatic carbocycles. The number of carbonyl (C=O) groups is 2. The summed E-state index contributed by atoms with van der Waals surface area (Å²) in [7, 11) is 1.92. The van der Waals surface area contributed by atoms with Crippen molar-refractivity contribution >= 4 is 22.8 Å². The van der Waals surface area contributed by atoms with E-state index in [1.807, 2.05) is 66.3 Å². The molecule has 0 spiro atoms. The predicted octanol–water partition coefficient (Wildman–Crippen LogP) is 2.70. The summed E-state index contributed by atoms with van der Waals surface area (Å²) in [5, 5.41) is 21.7. The fourth-order valence-electron chi connectivity index (χ4n) is 4.31. The van der Waals surface area contributed by atoms with Gasteiger partial charge < -0.3 is 19.7 Å². The molecule has 6 nitrogen and oxygen atoms in total. The number of aromatic nitrogens is 1. The average Bonchev–Trinajstić information content (AvgIpc) is 3.11. The number of aliphatic hydroxyl groups excluding tert-OH is 1. The van der Waals surface area contributed by atoms with Crippen LogP contribution in [-0.2, 0) is 18.3 Å². The topological polar surface area (TPSA) is 82.8 Å². The molecule has 2 N–H and O–H groups in total. The molecule has 0 bridgehead atoms. The SMILES string of the molecule is Cn1ccc2c(C(=O)N3CC[C@](Cc4ccccc4)(C(=O)O)[C@H](O)C3)cccc21. The van der Waals surface area contributed by atoms with E-state index in [0.717, 1.165) is 16.5 Å². The molecule has 2 heterocycles. The van der Waals surface area contributed by atoms with E-state index in [2.05, 4.69) is 0 Å². The van der Waals surface area contributed by atoms with E-state index in [-0.39, 0.29) is 31.8 Å². The van der Waals surface area contributed by atoms with Crippen LogP contribution >= 0.6 is 0 Å². The zero-order chi connectivity index (χ0) is 20.6. The Bertz CT molecular complexity index is 1060. The summed E-state index contributed by atoms with van der Waals surface area (Å²) >= 11 is 0. The van der Waals surface area contributed by atoms with Crippen LogP contribution in [0.1, 0.15) is 22.3 Å². The molecule has 0 unspecified atom stereocenters. The van der Waals surface area contributed by atoms with Crippen molar-refractivity contribution in [2.24, 2.45) is 12.5 Å². The molecule has 3 aromatic rings. The van der Waals surface area contributed by atoms with Gasteiger partial charge in [-0.15, -0.1) is 0 Å². The first-order valence-corrected chi connectivity index (χ1v) is 9.71. The van der Waals surface area contributed by atoms with E-state index in [4.69, 9.17) is 0 Å². The van der Waals surface area contributed by atoms with Gasteiger partial charge in [-0.1, -0.05) is 36.4 Å². The first kappa shape index (κ1) is 19.2. The second-order valence-corrected chi connectivity index (χ2v) is 7.81. The molecule has 0 radical (unpaired) electrons. The van der Waals surface area contributed by atoms with E-state index < -0.39 is 17.5 Å². The molecule has 0 saturated carbocycles. The second kappa shape index (κ2) is 7.37. The molecule has 1 aromatic heterocycles. The number of β-amino-alcohol motifs (C(OH)–C–C–N with tert-alkyl or cyclic N) is 1. The Labute approximate surface area is 169 Å². The number of nitrogens with zero attached hydrogens (tertiary/aromatic N) is 2. The van der Waals surface area contributed by atoms with Crippen LogP contribution in [-0.4, -0.2) is 50.8 Å². The van der Waals surface area contributed by atoms with Crippen LogP contribution in [0.4, 0.5) is 0 Å². The molecule has 150 valence electrons. The summed E-state index contributed by atoms with van der Waals surface area (Å²) in [6.45, 7) is 0.291. The highest BCUT2D eigenvalue weighted by Crippen LogP contribution is 2.37. The molecular weight excluding hydrogens is 368 g/mol. The van der Waals surface area contributed by atoms with Gasteiger partial charge in [-0.05, 0) is 36.6 Å². The number of piperidine rings is 1. The minimum atomic E-state index is -1.29. The van der Waals surface area contributed by atoms with Crippen molar-refractivity contribution in [3.63, 3.8) is 0 Å². The molecule has 6 heteroatoms. The number of carboxylic acid groups (broad SMARTS) is 1. The number of aliphatic carboxylic acids is 1. The zero-order valence-electron chi connectivity index (χ0n) is 16.3. The minimum absolute atomic E-state index is 0.00118. The van der Waals surface area contributed by atoms with Gasteiger partial charge in [-0.3, -0.25) is 9.59 Å². The van der Waals surface area contributed by atoms with E-state index in [1.165, 1.54) is 0 Å². The smallest absolute Gasteiger partial charge is 0.312 e. The molecule has 1 aliphatic rings. The first-order valence-electron chi connectivity index (χ1n) is 9.71. The van der Waals surface area contributed by atoms with Crippen LogP contribution in [0, 0.1) is 5.41 Å². The van der Waals surface area contributed by atoms with Gasteiger partial charge in [0.1, 0.15) is 5.41 Å². The van der Waals surface area contributed by atoms with Crippen molar-refractivity contribution < 1.29 is 19.8 Å². The second-order valence-electron chi connectivity index (χ2n) is 7.81. The van der Waals surface area contributed by atoms with Crippen LogP contribution in [0.5, 0.6) is 0 Å². The van der Waals surface area contributed by atoms with Gasteiger partial charge in [0.15, 0.2) is 0 Å². The summed E-state index contributed by atoms with van der Waals surface area (Å²) < 4.78 is 1.95. The van der Waals surface area contributed by atoms with E-state index in [9.17, 15) is 19.8 Å². The lowest BCUT2D eigenvalue weighted by Crippen LogP contribution is -2.57. The summed E-state index contributed by atoms with van der Waals surface area (Å²) in [6.07, 6.45) is 1.20. The van der Waals surface area contributed by atoms with Crippen molar-refractivity contribution in [3.05, 3.63) is 71.9 Å². The predicted molar refractivity (Wildman–Crippen MR) is 110 cm³/mol. The van der Waals surface area contributed by atoms with Crippen LogP contribution in [0.25, 0.3) is 10.9 Å². The van der Waals surface area contributed by atoms with Gasteiger partial charge in [0.2, 0.25) is 0 Å². The van der Waals surface area contributed by atoms with Gasteiger partial charge in [-0.25, -0.2) is 0 Å². The number of hydrogen-bond donors (Lipinski definition) is 2. The van der Waals surface area contributed by atoms with Crippen molar-refractivity contribution in [3.8, 4) is 0 Å². The summed E-state index contributed by atoms with van der Waals surface area (Å²) in [4.78, 5) is 26.9. The summed E-state index contributed by atoms with van der Waals surface area (Å²) in [5.74, 6) is -1.20. The van der Waals surface area contributed by atoms with Gasteiger partial charge in [0.05, 0.1) is 6.10 Å². The quantitative estimate of drug-likeness (QED) is 0.715. The average molecular weight is 392 g/mol. The lowest BCUT2D eigenvalue weighted by atomic mass is 9.71. The van der Waals surface area contributed by atoms with Crippen molar-refractivity contribution in [2.75, 3.05) is 13.1 Å². The molecular formula is C23H24N2O4. The van der Waals surface area contributed by atoms with Crippen molar-refractivity contribution in [1.82, 2.24) is 9.47 Å². The number of rotatable bonds is 4. The highest BCUT2D eigenvalue weighted by Gasteiger charge is 2.49. The van der Waals surface area contributed by atoms with Gasteiger partial charge in [0, 0.05) is 42.8 Å². The highest BCUT2D eigenvalue weighted by atomic mass is 16.4. The number of likely N-dealkylation sites (tertiary alicyclic amines) is 1. The number of carboxylic acids is 1. The van der Waals surface area contributed by atoms with Gasteiger partial charge >= 0.3 is 5.97 Å². The normalized spacial score (nSPS) is 22.0.